The number of ether oxygens (including phenoxy) is 1. The summed E-state index contributed by atoms with van der Waals surface area (Å²) in [6.45, 7) is 1.36. The van der Waals surface area contributed by atoms with E-state index in [1.54, 1.807) is 0 Å². The van der Waals surface area contributed by atoms with Crippen LogP contribution in [0.15, 0.2) is 16.6 Å². The molecular formula is C13H13BrN2O3. The summed E-state index contributed by atoms with van der Waals surface area (Å²) in [4.78, 5) is 24.9. The Bertz CT molecular complexity index is 543. The number of rotatable bonds is 2. The van der Waals surface area contributed by atoms with Gasteiger partial charge in [0, 0.05) is 16.5 Å². The molecule has 0 aromatic heterocycles. The van der Waals surface area contributed by atoms with Crippen LogP contribution in [0.2, 0.25) is 0 Å². The van der Waals surface area contributed by atoms with Gasteiger partial charge in [-0.25, -0.2) is 0 Å². The van der Waals surface area contributed by atoms with E-state index in [9.17, 15) is 9.59 Å². The molecule has 3 rings (SSSR count). The zero-order valence-electron chi connectivity index (χ0n) is 10.2. The number of nitrogens with one attached hydrogen (secondary N) is 1. The molecule has 1 fully saturated rings. The third-order valence-corrected chi connectivity index (χ3v) is 3.77. The predicted molar refractivity (Wildman–Crippen MR) is 71.8 cm³/mol. The van der Waals surface area contributed by atoms with Gasteiger partial charge in [-0.15, -0.1) is 0 Å². The molecule has 1 aromatic carbocycles. The van der Waals surface area contributed by atoms with Crippen molar-refractivity contribution in [3.05, 3.63) is 27.7 Å². The second-order valence-corrected chi connectivity index (χ2v) is 5.54. The SMILES string of the molecule is O=C1CNCC(=O)N1Cc1cc(Br)cc2c1OCC2. The Hall–Kier alpha value is -1.40. The van der Waals surface area contributed by atoms with E-state index >= 15 is 0 Å². The largest absolute Gasteiger partial charge is 0.493 e. The van der Waals surface area contributed by atoms with E-state index in [1.165, 1.54) is 4.90 Å². The number of nitrogens with zero attached hydrogens (tertiary/aromatic N) is 1. The van der Waals surface area contributed by atoms with E-state index in [1.807, 2.05) is 12.1 Å². The Kier molecular flexibility index (Phi) is 3.28. The van der Waals surface area contributed by atoms with Gasteiger partial charge in [0.1, 0.15) is 5.75 Å². The summed E-state index contributed by atoms with van der Waals surface area (Å²) in [6, 6.07) is 3.93. The fraction of sp³-hybridized carbons (Fsp3) is 0.385. The van der Waals surface area contributed by atoms with Gasteiger partial charge in [-0.1, -0.05) is 15.9 Å². The number of piperazine rings is 1. The van der Waals surface area contributed by atoms with E-state index in [-0.39, 0.29) is 31.4 Å². The van der Waals surface area contributed by atoms with Crippen LogP contribution in [0.1, 0.15) is 11.1 Å². The highest BCUT2D eigenvalue weighted by atomic mass is 79.9. The first kappa shape index (κ1) is 12.6. The van der Waals surface area contributed by atoms with E-state index in [2.05, 4.69) is 21.2 Å². The minimum absolute atomic E-state index is 0.192. The first-order valence-electron chi connectivity index (χ1n) is 6.13. The molecule has 0 saturated carbocycles. The number of imide groups is 1. The summed E-state index contributed by atoms with van der Waals surface area (Å²) in [6.07, 6.45) is 0.866. The number of halogens is 1. The molecule has 1 N–H and O–H groups in total. The molecule has 0 atom stereocenters. The topological polar surface area (TPSA) is 58.6 Å². The monoisotopic (exact) mass is 324 g/mol. The van der Waals surface area contributed by atoms with Crippen molar-refractivity contribution < 1.29 is 14.3 Å². The number of benzene rings is 1. The molecule has 1 saturated heterocycles. The molecule has 1 aromatic rings. The zero-order chi connectivity index (χ0) is 13.4. The van der Waals surface area contributed by atoms with Crippen LogP contribution in [0.5, 0.6) is 5.75 Å². The molecule has 5 nitrogen and oxygen atoms in total. The first-order chi connectivity index (χ1) is 9.15. The Morgan fingerprint density at radius 3 is 2.74 bits per heavy atom. The molecule has 0 aliphatic carbocycles. The molecular weight excluding hydrogens is 312 g/mol. The standard InChI is InChI=1S/C13H13BrN2O3/c14-10-3-8-1-2-19-13(8)9(4-10)7-16-11(17)5-15-6-12(16)18/h3-4,15H,1-2,5-7H2. The second kappa shape index (κ2) is 4.94. The Balaban J connectivity index is 1.91. The number of hydrogen-bond acceptors (Lipinski definition) is 4. The van der Waals surface area contributed by atoms with Gasteiger partial charge in [0.05, 0.1) is 26.2 Å². The molecule has 0 spiro atoms. The zero-order valence-corrected chi connectivity index (χ0v) is 11.8. The maximum Gasteiger partial charge on any atom is 0.243 e. The van der Waals surface area contributed by atoms with Crippen LogP contribution in [-0.4, -0.2) is 36.4 Å². The third-order valence-electron chi connectivity index (χ3n) is 3.31. The van der Waals surface area contributed by atoms with Gasteiger partial charge in [-0.2, -0.15) is 0 Å². The fourth-order valence-corrected chi connectivity index (χ4v) is 2.97. The molecule has 2 heterocycles. The maximum atomic E-state index is 11.8. The van der Waals surface area contributed by atoms with E-state index < -0.39 is 0 Å². The van der Waals surface area contributed by atoms with Gasteiger partial charge < -0.3 is 4.74 Å². The van der Waals surface area contributed by atoms with Crippen LogP contribution in [0.25, 0.3) is 0 Å². The van der Waals surface area contributed by atoms with Crippen molar-refractivity contribution in [3.8, 4) is 5.75 Å². The average Bonchev–Trinajstić information content (AvgIpc) is 2.81. The summed E-state index contributed by atoms with van der Waals surface area (Å²) in [5.74, 6) is 0.438. The minimum Gasteiger partial charge on any atom is -0.493 e. The molecule has 2 aliphatic rings. The van der Waals surface area contributed by atoms with Gasteiger partial charge in [0.15, 0.2) is 0 Å². The molecule has 0 bridgehead atoms. The lowest BCUT2D eigenvalue weighted by Gasteiger charge is -2.26. The van der Waals surface area contributed by atoms with Crippen molar-refractivity contribution in [2.45, 2.75) is 13.0 Å². The van der Waals surface area contributed by atoms with Crippen molar-refractivity contribution in [1.29, 1.82) is 0 Å². The third kappa shape index (κ3) is 2.37. The number of carbonyl (C=O) groups is 2. The Morgan fingerprint density at radius 1 is 1.26 bits per heavy atom. The van der Waals surface area contributed by atoms with Crippen LogP contribution in [0, 0.1) is 0 Å². The number of hydrogen-bond donors (Lipinski definition) is 1. The van der Waals surface area contributed by atoms with Gasteiger partial charge in [-0.3, -0.25) is 19.8 Å². The molecule has 100 valence electrons. The number of fused-ring (bicyclic) bond motifs is 1. The lowest BCUT2D eigenvalue weighted by molar-refractivity contribution is -0.147. The molecule has 2 aliphatic heterocycles. The summed E-state index contributed by atoms with van der Waals surface area (Å²) in [5.41, 5.74) is 2.00. The highest BCUT2D eigenvalue weighted by Crippen LogP contribution is 2.33. The predicted octanol–water partition coefficient (Wildman–Crippen LogP) is 0.842. The lowest BCUT2D eigenvalue weighted by Crippen LogP contribution is -2.51. The summed E-state index contributed by atoms with van der Waals surface area (Å²) < 4.78 is 6.56. The summed E-state index contributed by atoms with van der Waals surface area (Å²) in [5, 5.41) is 2.78. The Labute approximate surface area is 119 Å². The normalized spacial score (nSPS) is 18.5. The van der Waals surface area contributed by atoms with Crippen molar-refractivity contribution in [2.75, 3.05) is 19.7 Å². The highest BCUT2D eigenvalue weighted by molar-refractivity contribution is 9.10. The number of amides is 2. The first-order valence-corrected chi connectivity index (χ1v) is 6.92. The van der Waals surface area contributed by atoms with Gasteiger partial charge in [0.25, 0.3) is 0 Å². The summed E-state index contributed by atoms with van der Waals surface area (Å²) >= 11 is 3.45. The lowest BCUT2D eigenvalue weighted by atomic mass is 10.1. The van der Waals surface area contributed by atoms with E-state index in [0.29, 0.717) is 6.61 Å². The fourth-order valence-electron chi connectivity index (χ4n) is 2.42. The maximum absolute atomic E-state index is 11.8. The van der Waals surface area contributed by atoms with Crippen molar-refractivity contribution in [1.82, 2.24) is 10.2 Å². The summed E-state index contributed by atoms with van der Waals surface area (Å²) in [7, 11) is 0. The molecule has 0 unspecified atom stereocenters. The Morgan fingerprint density at radius 2 is 2.00 bits per heavy atom. The molecule has 2 amide bonds. The van der Waals surface area contributed by atoms with Crippen molar-refractivity contribution in [2.24, 2.45) is 0 Å². The van der Waals surface area contributed by atoms with Gasteiger partial charge in [0.2, 0.25) is 11.8 Å². The van der Waals surface area contributed by atoms with Gasteiger partial charge >= 0.3 is 0 Å². The van der Waals surface area contributed by atoms with Crippen molar-refractivity contribution in [3.63, 3.8) is 0 Å². The molecule has 19 heavy (non-hydrogen) atoms. The van der Waals surface area contributed by atoms with E-state index in [4.69, 9.17) is 4.74 Å². The smallest absolute Gasteiger partial charge is 0.243 e. The van der Waals surface area contributed by atoms with E-state index in [0.717, 1.165) is 27.8 Å². The van der Waals surface area contributed by atoms with Crippen LogP contribution >= 0.6 is 15.9 Å². The second-order valence-electron chi connectivity index (χ2n) is 4.63. The van der Waals surface area contributed by atoms with Crippen LogP contribution in [0.4, 0.5) is 0 Å². The number of carbonyl (C=O) groups excluding carboxylic acids is 2. The van der Waals surface area contributed by atoms with Crippen LogP contribution in [0.3, 0.4) is 0 Å². The average molecular weight is 325 g/mol. The van der Waals surface area contributed by atoms with Crippen LogP contribution < -0.4 is 10.1 Å². The molecule has 6 heteroatoms. The molecule has 0 radical (unpaired) electrons. The van der Waals surface area contributed by atoms with Crippen molar-refractivity contribution >= 4 is 27.7 Å². The van der Waals surface area contributed by atoms with Gasteiger partial charge in [-0.05, 0) is 17.7 Å². The highest BCUT2D eigenvalue weighted by Gasteiger charge is 2.28. The minimum atomic E-state index is -0.192. The van der Waals surface area contributed by atoms with Crippen LogP contribution in [-0.2, 0) is 22.6 Å². The quantitative estimate of drug-likeness (QED) is 0.819.